The van der Waals surface area contributed by atoms with Gasteiger partial charge in [0.15, 0.2) is 0 Å². The highest BCUT2D eigenvalue weighted by atomic mass is 16.5. The minimum absolute atomic E-state index is 0.127. The molecule has 2 aromatic rings. The number of fused-ring (bicyclic) bond motifs is 1. The molecule has 100 valence electrons. The summed E-state index contributed by atoms with van der Waals surface area (Å²) in [5, 5.41) is 5.02. The summed E-state index contributed by atoms with van der Waals surface area (Å²) >= 11 is 0. The second-order valence-electron chi connectivity index (χ2n) is 4.42. The zero-order valence-electron chi connectivity index (χ0n) is 10.9. The minimum atomic E-state index is -0.163. The second kappa shape index (κ2) is 6.31. The highest BCUT2D eigenvalue weighted by Gasteiger charge is 2.12. The number of benzene rings is 2. The number of rotatable bonds is 5. The van der Waals surface area contributed by atoms with Crippen molar-refractivity contribution in [2.45, 2.75) is 6.04 Å². The molecule has 0 radical (unpaired) electrons. The van der Waals surface area contributed by atoms with Gasteiger partial charge in [-0.05, 0) is 22.9 Å². The summed E-state index contributed by atoms with van der Waals surface area (Å²) in [6.45, 7) is 0.767. The quantitative estimate of drug-likeness (QED) is 0.855. The topological polar surface area (TPSA) is 64.3 Å². The number of nitrogens with two attached hydrogens (primary N) is 1. The van der Waals surface area contributed by atoms with E-state index in [0.29, 0.717) is 18.7 Å². The Morgan fingerprint density at radius 1 is 1.26 bits per heavy atom. The first-order valence-electron chi connectivity index (χ1n) is 6.23. The molecule has 1 unspecified atom stereocenters. The Morgan fingerprint density at radius 2 is 2.00 bits per heavy atom. The molecule has 0 aliphatic rings. The molecule has 0 spiro atoms. The fraction of sp³-hybridized carbons (Fsp3) is 0.267. The molecule has 19 heavy (non-hydrogen) atoms. The zero-order valence-corrected chi connectivity index (χ0v) is 10.9. The highest BCUT2D eigenvalue weighted by Crippen LogP contribution is 2.15. The van der Waals surface area contributed by atoms with Gasteiger partial charge >= 0.3 is 0 Å². The Labute approximate surface area is 112 Å². The van der Waals surface area contributed by atoms with Gasteiger partial charge in [0.1, 0.15) is 0 Å². The van der Waals surface area contributed by atoms with Gasteiger partial charge in [-0.3, -0.25) is 4.79 Å². The number of methoxy groups -OCH3 is 1. The summed E-state index contributed by atoms with van der Waals surface area (Å²) in [6, 6.07) is 13.4. The third-order valence-corrected chi connectivity index (χ3v) is 3.00. The molecule has 0 saturated heterocycles. The Bertz CT molecular complexity index is 569. The van der Waals surface area contributed by atoms with E-state index >= 15 is 0 Å². The molecule has 0 aromatic heterocycles. The van der Waals surface area contributed by atoms with Crippen molar-refractivity contribution in [3.05, 3.63) is 48.0 Å². The van der Waals surface area contributed by atoms with Crippen molar-refractivity contribution in [2.75, 3.05) is 20.3 Å². The van der Waals surface area contributed by atoms with Crippen LogP contribution in [-0.4, -0.2) is 32.2 Å². The lowest BCUT2D eigenvalue weighted by Crippen LogP contribution is -2.43. The van der Waals surface area contributed by atoms with Crippen molar-refractivity contribution in [1.82, 2.24) is 5.32 Å². The summed E-state index contributed by atoms with van der Waals surface area (Å²) in [6.07, 6.45) is 0. The third-order valence-electron chi connectivity index (χ3n) is 3.00. The van der Waals surface area contributed by atoms with Gasteiger partial charge in [-0.25, -0.2) is 0 Å². The van der Waals surface area contributed by atoms with Crippen LogP contribution in [0.2, 0.25) is 0 Å². The van der Waals surface area contributed by atoms with Gasteiger partial charge in [0.2, 0.25) is 0 Å². The van der Waals surface area contributed by atoms with E-state index in [1.807, 2.05) is 42.5 Å². The Kier molecular flexibility index (Phi) is 4.49. The van der Waals surface area contributed by atoms with Gasteiger partial charge in [0, 0.05) is 19.2 Å². The molecule has 0 aliphatic carbocycles. The van der Waals surface area contributed by atoms with Crippen LogP contribution in [0.15, 0.2) is 42.5 Å². The fourth-order valence-electron chi connectivity index (χ4n) is 1.97. The number of hydrogen-bond acceptors (Lipinski definition) is 3. The van der Waals surface area contributed by atoms with E-state index in [1.165, 1.54) is 0 Å². The van der Waals surface area contributed by atoms with Crippen molar-refractivity contribution < 1.29 is 9.53 Å². The van der Waals surface area contributed by atoms with Crippen molar-refractivity contribution in [3.8, 4) is 0 Å². The standard InChI is InChI=1S/C15H18N2O2/c1-19-10-14(9-16)17-15(18)13-7-6-11-4-2-3-5-12(11)8-13/h2-8,14H,9-10,16H2,1H3,(H,17,18). The van der Waals surface area contributed by atoms with E-state index in [-0.39, 0.29) is 11.9 Å². The van der Waals surface area contributed by atoms with Gasteiger partial charge in [-0.15, -0.1) is 0 Å². The van der Waals surface area contributed by atoms with E-state index in [1.54, 1.807) is 7.11 Å². The molecule has 4 nitrogen and oxygen atoms in total. The van der Waals surface area contributed by atoms with Crippen LogP contribution in [0.3, 0.4) is 0 Å². The van der Waals surface area contributed by atoms with Crippen molar-refractivity contribution >= 4 is 16.7 Å². The average Bonchev–Trinajstić information content (AvgIpc) is 2.46. The largest absolute Gasteiger partial charge is 0.383 e. The Hall–Kier alpha value is -1.91. The van der Waals surface area contributed by atoms with Crippen LogP contribution in [0.1, 0.15) is 10.4 Å². The lowest BCUT2D eigenvalue weighted by Gasteiger charge is -2.15. The van der Waals surface area contributed by atoms with E-state index in [0.717, 1.165) is 10.8 Å². The number of ether oxygens (including phenoxy) is 1. The van der Waals surface area contributed by atoms with E-state index in [4.69, 9.17) is 10.5 Å². The molecule has 0 bridgehead atoms. The normalized spacial score (nSPS) is 12.3. The maximum absolute atomic E-state index is 12.1. The number of carbonyl (C=O) groups is 1. The second-order valence-corrected chi connectivity index (χ2v) is 4.42. The van der Waals surface area contributed by atoms with Gasteiger partial charge in [0.05, 0.1) is 12.6 Å². The van der Waals surface area contributed by atoms with Crippen LogP contribution < -0.4 is 11.1 Å². The summed E-state index contributed by atoms with van der Waals surface area (Å²) < 4.78 is 5.01. The van der Waals surface area contributed by atoms with Gasteiger partial charge in [-0.1, -0.05) is 30.3 Å². The summed E-state index contributed by atoms with van der Waals surface area (Å²) in [5.74, 6) is -0.127. The van der Waals surface area contributed by atoms with Gasteiger partial charge < -0.3 is 15.8 Å². The first kappa shape index (κ1) is 13.5. The molecule has 1 amide bonds. The molecule has 0 heterocycles. The fourth-order valence-corrected chi connectivity index (χ4v) is 1.97. The molecule has 2 aromatic carbocycles. The monoisotopic (exact) mass is 258 g/mol. The summed E-state index contributed by atoms with van der Waals surface area (Å²) in [5.41, 5.74) is 6.21. The van der Waals surface area contributed by atoms with Crippen LogP contribution in [0.5, 0.6) is 0 Å². The average molecular weight is 258 g/mol. The summed E-state index contributed by atoms with van der Waals surface area (Å²) in [4.78, 5) is 12.1. The van der Waals surface area contributed by atoms with Gasteiger partial charge in [-0.2, -0.15) is 0 Å². The minimum Gasteiger partial charge on any atom is -0.383 e. The molecule has 0 saturated carbocycles. The van der Waals surface area contributed by atoms with E-state index in [9.17, 15) is 4.79 Å². The maximum Gasteiger partial charge on any atom is 0.251 e. The maximum atomic E-state index is 12.1. The van der Waals surface area contributed by atoms with Crippen molar-refractivity contribution in [2.24, 2.45) is 5.73 Å². The van der Waals surface area contributed by atoms with E-state index in [2.05, 4.69) is 5.32 Å². The molecule has 3 N–H and O–H groups in total. The van der Waals surface area contributed by atoms with Crippen molar-refractivity contribution in [1.29, 1.82) is 0 Å². The Balaban J connectivity index is 2.16. The number of nitrogens with one attached hydrogen (secondary N) is 1. The SMILES string of the molecule is COCC(CN)NC(=O)c1ccc2ccccc2c1. The molecule has 0 aliphatic heterocycles. The molecule has 2 rings (SSSR count). The van der Waals surface area contributed by atoms with Crippen molar-refractivity contribution in [3.63, 3.8) is 0 Å². The lowest BCUT2D eigenvalue weighted by atomic mass is 10.1. The first-order chi connectivity index (χ1) is 9.24. The number of carbonyl (C=O) groups excluding carboxylic acids is 1. The Morgan fingerprint density at radius 3 is 2.68 bits per heavy atom. The summed E-state index contributed by atoms with van der Waals surface area (Å²) in [7, 11) is 1.59. The van der Waals surface area contributed by atoms with Crippen LogP contribution in [0.25, 0.3) is 10.8 Å². The molecule has 1 atom stereocenters. The third kappa shape index (κ3) is 3.30. The molecule has 0 fully saturated rings. The number of hydrogen-bond donors (Lipinski definition) is 2. The van der Waals surface area contributed by atoms with Crippen LogP contribution in [-0.2, 0) is 4.74 Å². The molecule has 4 heteroatoms. The van der Waals surface area contributed by atoms with E-state index < -0.39 is 0 Å². The predicted octanol–water partition coefficient (Wildman–Crippen LogP) is 1.54. The predicted molar refractivity (Wildman–Crippen MR) is 76.1 cm³/mol. The van der Waals surface area contributed by atoms with Gasteiger partial charge in [0.25, 0.3) is 5.91 Å². The number of amides is 1. The van der Waals surface area contributed by atoms with Crippen LogP contribution in [0.4, 0.5) is 0 Å². The zero-order chi connectivity index (χ0) is 13.7. The first-order valence-corrected chi connectivity index (χ1v) is 6.23. The smallest absolute Gasteiger partial charge is 0.251 e. The lowest BCUT2D eigenvalue weighted by molar-refractivity contribution is 0.0901. The molecular formula is C15H18N2O2. The van der Waals surface area contributed by atoms with Crippen LogP contribution >= 0.6 is 0 Å². The van der Waals surface area contributed by atoms with Crippen LogP contribution in [0, 0.1) is 0 Å². The molecular weight excluding hydrogens is 240 g/mol. The highest BCUT2D eigenvalue weighted by molar-refractivity contribution is 5.98.